The van der Waals surface area contributed by atoms with Gasteiger partial charge in [0.2, 0.25) is 0 Å². The molecule has 3 aromatic carbocycles. The van der Waals surface area contributed by atoms with E-state index in [9.17, 15) is 14.7 Å². The number of likely N-dealkylation sites (tertiary alicyclic amines) is 1. The Balaban J connectivity index is 1.81. The third kappa shape index (κ3) is 5.29. The number of carbonyl (C=O) groups excluding carboxylic acids is 2. The summed E-state index contributed by atoms with van der Waals surface area (Å²) < 4.78 is 21.7. The Morgan fingerprint density at radius 3 is 2.26 bits per heavy atom. The van der Waals surface area contributed by atoms with Crippen LogP contribution in [0.4, 0.5) is 0 Å². The Labute approximate surface area is 222 Å². The third-order valence-electron chi connectivity index (χ3n) is 6.35. The first-order valence-corrected chi connectivity index (χ1v) is 12.3. The predicted octanol–water partition coefficient (Wildman–Crippen LogP) is 5.12. The standard InChI is InChI=1S/C30H31NO7/c1-5-15-38-23-8-6-7-21(17-23)28(32)26-27(20-10-12-22(35-2)13-11-20)31(30(34)29(26)33)18-19-9-14-24(36-3)25(16-19)37-4/h6-14,16-17,27,32H,5,15,18H2,1-4H3/b28-26+. The minimum absolute atomic E-state index is 0.00767. The third-order valence-corrected chi connectivity index (χ3v) is 6.35. The molecule has 1 saturated heterocycles. The smallest absolute Gasteiger partial charge is 0.295 e. The number of rotatable bonds is 10. The Bertz CT molecular complexity index is 1350. The van der Waals surface area contributed by atoms with Crippen LogP contribution in [-0.4, -0.2) is 49.6 Å². The van der Waals surface area contributed by atoms with Crippen molar-refractivity contribution in [2.24, 2.45) is 0 Å². The summed E-state index contributed by atoms with van der Waals surface area (Å²) in [7, 11) is 4.64. The van der Waals surface area contributed by atoms with Crippen LogP contribution in [0.15, 0.2) is 72.3 Å². The number of hydrogen-bond donors (Lipinski definition) is 1. The molecule has 0 saturated carbocycles. The Morgan fingerprint density at radius 2 is 1.61 bits per heavy atom. The van der Waals surface area contributed by atoms with Gasteiger partial charge >= 0.3 is 0 Å². The average molecular weight is 518 g/mol. The van der Waals surface area contributed by atoms with Crippen molar-refractivity contribution in [1.29, 1.82) is 0 Å². The monoisotopic (exact) mass is 517 g/mol. The first-order valence-electron chi connectivity index (χ1n) is 12.3. The van der Waals surface area contributed by atoms with Crippen LogP contribution in [0.25, 0.3) is 5.76 Å². The number of aliphatic hydroxyl groups is 1. The van der Waals surface area contributed by atoms with E-state index in [-0.39, 0.29) is 17.9 Å². The van der Waals surface area contributed by atoms with Crippen LogP contribution in [0.2, 0.25) is 0 Å². The van der Waals surface area contributed by atoms with E-state index in [1.165, 1.54) is 12.0 Å². The van der Waals surface area contributed by atoms with Crippen molar-refractivity contribution in [2.45, 2.75) is 25.9 Å². The zero-order chi connectivity index (χ0) is 27.2. The van der Waals surface area contributed by atoms with Crippen molar-refractivity contribution in [1.82, 2.24) is 4.90 Å². The maximum atomic E-state index is 13.4. The van der Waals surface area contributed by atoms with E-state index in [4.69, 9.17) is 18.9 Å². The van der Waals surface area contributed by atoms with Gasteiger partial charge in [-0.25, -0.2) is 0 Å². The van der Waals surface area contributed by atoms with Crippen LogP contribution < -0.4 is 18.9 Å². The van der Waals surface area contributed by atoms with E-state index >= 15 is 0 Å². The van der Waals surface area contributed by atoms with E-state index in [1.807, 2.05) is 6.92 Å². The van der Waals surface area contributed by atoms with Crippen LogP contribution in [0, 0.1) is 0 Å². The van der Waals surface area contributed by atoms with Gasteiger partial charge < -0.3 is 29.0 Å². The van der Waals surface area contributed by atoms with E-state index < -0.39 is 17.7 Å². The van der Waals surface area contributed by atoms with Crippen molar-refractivity contribution < 1.29 is 33.6 Å². The first-order chi connectivity index (χ1) is 18.4. The van der Waals surface area contributed by atoms with Crippen molar-refractivity contribution in [3.8, 4) is 23.0 Å². The number of benzene rings is 3. The molecule has 1 amide bonds. The molecule has 3 aromatic rings. The summed E-state index contributed by atoms with van der Waals surface area (Å²) in [5.41, 5.74) is 1.79. The molecule has 0 spiro atoms. The van der Waals surface area contributed by atoms with Crippen molar-refractivity contribution >= 4 is 17.4 Å². The second kappa shape index (κ2) is 11.7. The number of nitrogens with zero attached hydrogens (tertiary/aromatic N) is 1. The molecule has 1 unspecified atom stereocenters. The molecule has 1 atom stereocenters. The largest absolute Gasteiger partial charge is 0.507 e. The summed E-state index contributed by atoms with van der Waals surface area (Å²) in [6.07, 6.45) is 0.828. The predicted molar refractivity (Wildman–Crippen MR) is 143 cm³/mol. The lowest BCUT2D eigenvalue weighted by atomic mass is 9.95. The van der Waals surface area contributed by atoms with Crippen molar-refractivity contribution in [2.75, 3.05) is 27.9 Å². The van der Waals surface area contributed by atoms with Crippen LogP contribution >= 0.6 is 0 Å². The molecule has 0 aromatic heterocycles. The fraction of sp³-hybridized carbons (Fsp3) is 0.267. The zero-order valence-corrected chi connectivity index (χ0v) is 21.9. The summed E-state index contributed by atoms with van der Waals surface area (Å²) in [5.74, 6) is 0.523. The number of Topliss-reactive ketones (excluding diaryl/α,β-unsaturated/α-hetero) is 1. The highest BCUT2D eigenvalue weighted by atomic mass is 16.5. The Kier molecular flexibility index (Phi) is 8.21. The number of ketones is 1. The molecule has 1 N–H and O–H groups in total. The Hall–Kier alpha value is -4.46. The lowest BCUT2D eigenvalue weighted by Crippen LogP contribution is -2.29. The number of carbonyl (C=O) groups is 2. The summed E-state index contributed by atoms with van der Waals surface area (Å²) in [6, 6.07) is 18.4. The van der Waals surface area contributed by atoms with Gasteiger partial charge in [-0.2, -0.15) is 0 Å². The molecule has 8 nitrogen and oxygen atoms in total. The molecule has 1 heterocycles. The minimum atomic E-state index is -0.825. The topological polar surface area (TPSA) is 94.5 Å². The number of methoxy groups -OCH3 is 3. The van der Waals surface area contributed by atoms with Crippen LogP contribution in [0.1, 0.15) is 36.1 Å². The fourth-order valence-electron chi connectivity index (χ4n) is 4.46. The summed E-state index contributed by atoms with van der Waals surface area (Å²) in [6.45, 7) is 2.63. The molecular weight excluding hydrogens is 486 g/mol. The van der Waals surface area contributed by atoms with Gasteiger partial charge in [0.05, 0.1) is 39.6 Å². The minimum Gasteiger partial charge on any atom is -0.507 e. The molecule has 0 bridgehead atoms. The molecule has 0 radical (unpaired) electrons. The van der Waals surface area contributed by atoms with Gasteiger partial charge in [-0.15, -0.1) is 0 Å². The van der Waals surface area contributed by atoms with Crippen molar-refractivity contribution in [3.05, 3.63) is 89.0 Å². The highest BCUT2D eigenvalue weighted by molar-refractivity contribution is 6.46. The molecular formula is C30H31NO7. The molecule has 4 rings (SSSR count). The van der Waals surface area contributed by atoms with E-state index in [0.717, 1.165) is 12.0 Å². The van der Waals surface area contributed by atoms with Gasteiger partial charge in [-0.3, -0.25) is 9.59 Å². The van der Waals surface area contributed by atoms with Crippen molar-refractivity contribution in [3.63, 3.8) is 0 Å². The molecule has 1 fully saturated rings. The molecule has 198 valence electrons. The maximum Gasteiger partial charge on any atom is 0.295 e. The molecule has 1 aliphatic rings. The highest BCUT2D eigenvalue weighted by Crippen LogP contribution is 2.41. The highest BCUT2D eigenvalue weighted by Gasteiger charge is 2.46. The number of hydrogen-bond acceptors (Lipinski definition) is 7. The van der Waals surface area contributed by atoms with Crippen LogP contribution in [0.3, 0.4) is 0 Å². The average Bonchev–Trinajstić information content (AvgIpc) is 3.20. The summed E-state index contributed by atoms with van der Waals surface area (Å²) in [4.78, 5) is 28.2. The van der Waals surface area contributed by atoms with Gasteiger partial charge in [-0.05, 0) is 53.9 Å². The van der Waals surface area contributed by atoms with Gasteiger partial charge in [0.1, 0.15) is 17.3 Å². The van der Waals surface area contributed by atoms with Crippen LogP contribution in [0.5, 0.6) is 23.0 Å². The number of amides is 1. The summed E-state index contributed by atoms with van der Waals surface area (Å²) in [5, 5.41) is 11.4. The SMILES string of the molecule is CCCOc1cccc(/C(O)=C2\C(=O)C(=O)N(Cc3ccc(OC)c(OC)c3)C2c2ccc(OC)cc2)c1. The maximum absolute atomic E-state index is 13.4. The molecule has 38 heavy (non-hydrogen) atoms. The second-order valence-corrected chi connectivity index (χ2v) is 8.77. The lowest BCUT2D eigenvalue weighted by Gasteiger charge is -2.26. The molecule has 1 aliphatic heterocycles. The van der Waals surface area contributed by atoms with E-state index in [0.29, 0.717) is 40.7 Å². The number of aliphatic hydroxyl groups excluding tert-OH is 1. The second-order valence-electron chi connectivity index (χ2n) is 8.77. The normalized spacial score (nSPS) is 16.4. The lowest BCUT2D eigenvalue weighted by molar-refractivity contribution is -0.140. The number of ether oxygens (including phenoxy) is 4. The van der Waals surface area contributed by atoms with Gasteiger partial charge in [0, 0.05) is 12.1 Å². The molecule has 0 aliphatic carbocycles. The van der Waals surface area contributed by atoms with Gasteiger partial charge in [-0.1, -0.05) is 37.3 Å². The van der Waals surface area contributed by atoms with E-state index in [2.05, 4.69) is 0 Å². The van der Waals surface area contributed by atoms with E-state index in [1.54, 1.807) is 80.9 Å². The zero-order valence-electron chi connectivity index (χ0n) is 21.9. The first kappa shape index (κ1) is 26.6. The Morgan fingerprint density at radius 1 is 0.868 bits per heavy atom. The summed E-state index contributed by atoms with van der Waals surface area (Å²) >= 11 is 0. The fourth-order valence-corrected chi connectivity index (χ4v) is 4.46. The van der Waals surface area contributed by atoms with Gasteiger partial charge in [0.15, 0.2) is 11.5 Å². The molecule has 8 heteroatoms. The van der Waals surface area contributed by atoms with Crippen LogP contribution in [-0.2, 0) is 16.1 Å². The van der Waals surface area contributed by atoms with Gasteiger partial charge in [0.25, 0.3) is 11.7 Å². The quantitative estimate of drug-likeness (QED) is 0.227.